The number of aliphatic imine (C=N–C) groups is 1. The van der Waals surface area contributed by atoms with E-state index in [2.05, 4.69) is 35.4 Å². The van der Waals surface area contributed by atoms with Gasteiger partial charge >= 0.3 is 0 Å². The molecular formula is C15H28IN3. The molecule has 0 aliphatic heterocycles. The van der Waals surface area contributed by atoms with Crippen LogP contribution in [0.3, 0.4) is 0 Å². The monoisotopic (exact) mass is 377 g/mol. The molecule has 19 heavy (non-hydrogen) atoms. The molecule has 0 saturated heterocycles. The minimum Gasteiger partial charge on any atom is -0.356 e. The maximum absolute atomic E-state index is 5.25. The Balaban J connectivity index is 0.00000324. The van der Waals surface area contributed by atoms with Gasteiger partial charge in [-0.1, -0.05) is 32.6 Å². The van der Waals surface area contributed by atoms with Crippen LogP contribution >= 0.6 is 24.0 Å². The summed E-state index contributed by atoms with van der Waals surface area (Å²) in [6.07, 6.45) is 12.0. The standard InChI is InChI=1S/C15H27N3.HI/c1-5-10-17-14(16-4)18-12-15(11-13(2)3)8-6-7-9-15;/h1,13H,6-12H2,2-4H3,(H2,16,17,18);1H. The molecule has 2 N–H and O–H groups in total. The zero-order chi connectivity index (χ0) is 13.4. The fourth-order valence-electron chi connectivity index (χ4n) is 3.07. The second-order valence-corrected chi connectivity index (χ2v) is 5.79. The molecule has 1 fully saturated rings. The third-order valence-corrected chi connectivity index (χ3v) is 3.72. The SMILES string of the molecule is C#CCNC(=NC)NCC1(CC(C)C)CCCC1.I. The maximum atomic E-state index is 5.25. The molecule has 0 aromatic carbocycles. The predicted octanol–water partition coefficient (Wildman–Crippen LogP) is 3.01. The summed E-state index contributed by atoms with van der Waals surface area (Å²) in [4.78, 5) is 4.20. The summed E-state index contributed by atoms with van der Waals surface area (Å²) < 4.78 is 0. The van der Waals surface area contributed by atoms with Crippen molar-refractivity contribution in [2.75, 3.05) is 20.1 Å². The van der Waals surface area contributed by atoms with E-state index in [0.717, 1.165) is 18.4 Å². The molecule has 0 heterocycles. The van der Waals surface area contributed by atoms with E-state index in [1.54, 1.807) is 7.05 Å². The Hall–Kier alpha value is -0.440. The molecule has 110 valence electrons. The van der Waals surface area contributed by atoms with E-state index in [1.807, 2.05) is 0 Å². The van der Waals surface area contributed by atoms with Crippen molar-refractivity contribution in [2.24, 2.45) is 16.3 Å². The van der Waals surface area contributed by atoms with Gasteiger partial charge in [0.15, 0.2) is 5.96 Å². The molecule has 0 radical (unpaired) electrons. The maximum Gasteiger partial charge on any atom is 0.191 e. The number of terminal acetylenes is 1. The third-order valence-electron chi connectivity index (χ3n) is 3.72. The molecule has 1 saturated carbocycles. The van der Waals surface area contributed by atoms with Crippen LogP contribution in [-0.4, -0.2) is 26.1 Å². The summed E-state index contributed by atoms with van der Waals surface area (Å²) in [6.45, 7) is 6.16. The third kappa shape index (κ3) is 6.51. The highest BCUT2D eigenvalue weighted by atomic mass is 127. The summed E-state index contributed by atoms with van der Waals surface area (Å²) in [5, 5.41) is 6.55. The Morgan fingerprint density at radius 1 is 1.32 bits per heavy atom. The van der Waals surface area contributed by atoms with E-state index >= 15 is 0 Å². The van der Waals surface area contributed by atoms with E-state index in [9.17, 15) is 0 Å². The first-order chi connectivity index (χ1) is 8.62. The molecule has 0 aromatic heterocycles. The Morgan fingerprint density at radius 3 is 2.42 bits per heavy atom. The van der Waals surface area contributed by atoms with Gasteiger partial charge in [0.1, 0.15) is 0 Å². The lowest BCUT2D eigenvalue weighted by Gasteiger charge is -2.31. The largest absolute Gasteiger partial charge is 0.356 e. The van der Waals surface area contributed by atoms with Crippen molar-refractivity contribution >= 4 is 29.9 Å². The van der Waals surface area contributed by atoms with Crippen LogP contribution in [0.15, 0.2) is 4.99 Å². The van der Waals surface area contributed by atoms with E-state index in [0.29, 0.717) is 12.0 Å². The molecule has 4 heteroatoms. The fraction of sp³-hybridized carbons (Fsp3) is 0.800. The lowest BCUT2D eigenvalue weighted by molar-refractivity contribution is 0.235. The average Bonchev–Trinajstić information content (AvgIpc) is 2.77. The highest BCUT2D eigenvalue weighted by molar-refractivity contribution is 14.0. The smallest absolute Gasteiger partial charge is 0.191 e. The van der Waals surface area contributed by atoms with Crippen molar-refractivity contribution in [1.82, 2.24) is 10.6 Å². The molecule has 0 aromatic rings. The highest BCUT2D eigenvalue weighted by Crippen LogP contribution is 2.42. The summed E-state index contributed by atoms with van der Waals surface area (Å²) in [6, 6.07) is 0. The van der Waals surface area contributed by atoms with Gasteiger partial charge in [-0.2, -0.15) is 0 Å². The van der Waals surface area contributed by atoms with Crippen LogP contribution in [-0.2, 0) is 0 Å². The zero-order valence-electron chi connectivity index (χ0n) is 12.5. The predicted molar refractivity (Wildman–Crippen MR) is 94.0 cm³/mol. The van der Waals surface area contributed by atoms with Crippen LogP contribution in [0.2, 0.25) is 0 Å². The highest BCUT2D eigenvalue weighted by Gasteiger charge is 2.34. The minimum atomic E-state index is 0. The van der Waals surface area contributed by atoms with Crippen LogP contribution in [0.25, 0.3) is 0 Å². The van der Waals surface area contributed by atoms with Crippen LogP contribution in [0, 0.1) is 23.7 Å². The average molecular weight is 377 g/mol. The first kappa shape index (κ1) is 18.6. The van der Waals surface area contributed by atoms with Gasteiger partial charge < -0.3 is 10.6 Å². The van der Waals surface area contributed by atoms with Crippen molar-refractivity contribution in [3.05, 3.63) is 0 Å². The summed E-state index contributed by atoms with van der Waals surface area (Å²) in [7, 11) is 1.79. The van der Waals surface area contributed by atoms with Crippen LogP contribution in [0.4, 0.5) is 0 Å². The van der Waals surface area contributed by atoms with Gasteiger partial charge in [-0.15, -0.1) is 30.4 Å². The molecule has 0 atom stereocenters. The molecule has 0 unspecified atom stereocenters. The Labute approximate surface area is 135 Å². The normalized spacial score (nSPS) is 17.7. The number of nitrogens with zero attached hydrogens (tertiary/aromatic N) is 1. The number of hydrogen-bond acceptors (Lipinski definition) is 1. The first-order valence-corrected chi connectivity index (χ1v) is 7.00. The van der Waals surface area contributed by atoms with E-state index in [4.69, 9.17) is 6.42 Å². The lowest BCUT2D eigenvalue weighted by atomic mass is 9.78. The summed E-state index contributed by atoms with van der Waals surface area (Å²) in [5.41, 5.74) is 0.460. The van der Waals surface area contributed by atoms with Crippen molar-refractivity contribution in [3.63, 3.8) is 0 Å². The molecule has 0 bridgehead atoms. The second-order valence-electron chi connectivity index (χ2n) is 5.79. The molecule has 0 spiro atoms. The lowest BCUT2D eigenvalue weighted by Crippen LogP contribution is -2.43. The number of hydrogen-bond donors (Lipinski definition) is 2. The van der Waals surface area contributed by atoms with Crippen molar-refractivity contribution in [3.8, 4) is 12.3 Å². The first-order valence-electron chi connectivity index (χ1n) is 7.00. The van der Waals surface area contributed by atoms with Gasteiger partial charge in [-0.25, -0.2) is 0 Å². The quantitative estimate of drug-likeness (QED) is 0.335. The van der Waals surface area contributed by atoms with Gasteiger partial charge in [-0.05, 0) is 30.6 Å². The molecular weight excluding hydrogens is 349 g/mol. The van der Waals surface area contributed by atoms with Gasteiger partial charge in [0.25, 0.3) is 0 Å². The zero-order valence-corrected chi connectivity index (χ0v) is 14.8. The van der Waals surface area contributed by atoms with Crippen molar-refractivity contribution in [2.45, 2.75) is 46.0 Å². The molecule has 0 amide bonds. The van der Waals surface area contributed by atoms with Crippen molar-refractivity contribution in [1.29, 1.82) is 0 Å². The minimum absolute atomic E-state index is 0. The number of guanidine groups is 1. The molecule has 3 nitrogen and oxygen atoms in total. The van der Waals surface area contributed by atoms with Gasteiger partial charge in [0.05, 0.1) is 6.54 Å². The van der Waals surface area contributed by atoms with Gasteiger partial charge in [0, 0.05) is 13.6 Å². The van der Waals surface area contributed by atoms with Crippen LogP contribution in [0.5, 0.6) is 0 Å². The summed E-state index contributed by atoms with van der Waals surface area (Å²) in [5.74, 6) is 4.15. The topological polar surface area (TPSA) is 36.4 Å². The van der Waals surface area contributed by atoms with Crippen molar-refractivity contribution < 1.29 is 0 Å². The van der Waals surface area contributed by atoms with Crippen LogP contribution in [0.1, 0.15) is 46.0 Å². The molecule has 1 rings (SSSR count). The summed E-state index contributed by atoms with van der Waals surface area (Å²) >= 11 is 0. The Kier molecular flexibility index (Phi) is 9.24. The number of nitrogens with one attached hydrogen (secondary N) is 2. The van der Waals surface area contributed by atoms with E-state index in [-0.39, 0.29) is 24.0 Å². The fourth-order valence-corrected chi connectivity index (χ4v) is 3.07. The molecule has 1 aliphatic rings. The van der Waals surface area contributed by atoms with Gasteiger partial charge in [-0.3, -0.25) is 4.99 Å². The van der Waals surface area contributed by atoms with Gasteiger partial charge in [0.2, 0.25) is 0 Å². The number of rotatable bonds is 5. The number of halogens is 1. The Bertz CT molecular complexity index is 312. The van der Waals surface area contributed by atoms with E-state index in [1.165, 1.54) is 32.1 Å². The Morgan fingerprint density at radius 2 is 1.95 bits per heavy atom. The second kappa shape index (κ2) is 9.46. The molecule has 1 aliphatic carbocycles. The van der Waals surface area contributed by atoms with Crippen LogP contribution < -0.4 is 10.6 Å². The van der Waals surface area contributed by atoms with E-state index < -0.39 is 0 Å².